The second-order valence-electron chi connectivity index (χ2n) is 5.22. The fourth-order valence-corrected chi connectivity index (χ4v) is 2.51. The molecule has 1 aliphatic rings. The zero-order valence-corrected chi connectivity index (χ0v) is 11.5. The third-order valence-electron chi connectivity index (χ3n) is 3.68. The van der Waals surface area contributed by atoms with E-state index >= 15 is 0 Å². The lowest BCUT2D eigenvalue weighted by Crippen LogP contribution is -2.49. The maximum absolute atomic E-state index is 12.5. The molecule has 0 saturated carbocycles. The van der Waals surface area contributed by atoms with Crippen LogP contribution in [0.1, 0.15) is 35.8 Å². The van der Waals surface area contributed by atoms with Gasteiger partial charge >= 0.3 is 5.97 Å². The fraction of sp³-hybridized carbons (Fsp3) is 0.500. The van der Waals surface area contributed by atoms with Gasteiger partial charge in [-0.3, -0.25) is 9.78 Å². The smallest absolute Gasteiger partial charge is 0.326 e. The van der Waals surface area contributed by atoms with Crippen LogP contribution in [-0.2, 0) is 11.3 Å². The van der Waals surface area contributed by atoms with Crippen LogP contribution in [0, 0.1) is 5.92 Å². The number of nitrogens with two attached hydrogens (primary N) is 1. The van der Waals surface area contributed by atoms with E-state index in [2.05, 4.69) is 4.98 Å². The van der Waals surface area contributed by atoms with Crippen molar-refractivity contribution in [3.8, 4) is 0 Å². The lowest BCUT2D eigenvalue weighted by molar-refractivity contribution is -0.144. The molecule has 1 saturated heterocycles. The number of hydrogen-bond donors (Lipinski definition) is 2. The van der Waals surface area contributed by atoms with Crippen molar-refractivity contribution in [2.75, 3.05) is 6.54 Å². The monoisotopic (exact) mass is 277 g/mol. The Balaban J connectivity index is 2.23. The second kappa shape index (κ2) is 6.00. The molecule has 1 aliphatic heterocycles. The van der Waals surface area contributed by atoms with Crippen LogP contribution in [0.4, 0.5) is 0 Å². The zero-order valence-electron chi connectivity index (χ0n) is 11.5. The average Bonchev–Trinajstić information content (AvgIpc) is 2.46. The fourth-order valence-electron chi connectivity index (χ4n) is 2.51. The molecule has 1 fully saturated rings. The van der Waals surface area contributed by atoms with Gasteiger partial charge in [-0.25, -0.2) is 4.79 Å². The van der Waals surface area contributed by atoms with E-state index in [-0.39, 0.29) is 12.5 Å². The van der Waals surface area contributed by atoms with Gasteiger partial charge in [0.15, 0.2) is 0 Å². The van der Waals surface area contributed by atoms with Crippen LogP contribution in [0.5, 0.6) is 0 Å². The van der Waals surface area contributed by atoms with E-state index < -0.39 is 12.0 Å². The first kappa shape index (κ1) is 14.5. The number of carboxylic acids is 1. The summed E-state index contributed by atoms with van der Waals surface area (Å²) in [6.45, 7) is 2.73. The molecule has 6 heteroatoms. The Morgan fingerprint density at radius 2 is 2.30 bits per heavy atom. The van der Waals surface area contributed by atoms with Gasteiger partial charge in [0.1, 0.15) is 6.04 Å². The van der Waals surface area contributed by atoms with Crippen molar-refractivity contribution in [2.24, 2.45) is 11.7 Å². The molecule has 2 rings (SSSR count). The summed E-state index contributed by atoms with van der Waals surface area (Å²) in [5.41, 5.74) is 6.57. The predicted molar refractivity (Wildman–Crippen MR) is 73.0 cm³/mol. The lowest BCUT2D eigenvalue weighted by Gasteiger charge is -2.36. The number of nitrogens with zero attached hydrogens (tertiary/aromatic N) is 2. The number of likely N-dealkylation sites (tertiary alicyclic amines) is 1. The minimum Gasteiger partial charge on any atom is -0.480 e. The quantitative estimate of drug-likeness (QED) is 0.854. The Hall–Kier alpha value is -1.95. The van der Waals surface area contributed by atoms with Gasteiger partial charge < -0.3 is 15.7 Å². The van der Waals surface area contributed by atoms with E-state index in [0.29, 0.717) is 30.1 Å². The summed E-state index contributed by atoms with van der Waals surface area (Å²) in [5, 5.41) is 9.30. The molecule has 1 aromatic heterocycles. The summed E-state index contributed by atoms with van der Waals surface area (Å²) < 4.78 is 0. The molecular formula is C14H19N3O3. The number of hydrogen-bond acceptors (Lipinski definition) is 4. The number of piperidine rings is 1. The highest BCUT2D eigenvalue weighted by atomic mass is 16.4. The summed E-state index contributed by atoms with van der Waals surface area (Å²) >= 11 is 0. The summed E-state index contributed by atoms with van der Waals surface area (Å²) in [6, 6.07) is 2.47. The maximum atomic E-state index is 12.5. The zero-order chi connectivity index (χ0) is 14.7. The first-order chi connectivity index (χ1) is 9.52. The summed E-state index contributed by atoms with van der Waals surface area (Å²) in [4.78, 5) is 29.3. The van der Waals surface area contributed by atoms with Crippen molar-refractivity contribution in [3.05, 3.63) is 29.6 Å². The highest BCUT2D eigenvalue weighted by Gasteiger charge is 2.35. The van der Waals surface area contributed by atoms with E-state index in [1.165, 1.54) is 11.1 Å². The molecule has 108 valence electrons. The molecular weight excluding hydrogens is 258 g/mol. The molecule has 0 aromatic carbocycles. The molecule has 0 bridgehead atoms. The van der Waals surface area contributed by atoms with E-state index in [9.17, 15) is 14.7 Å². The first-order valence-electron chi connectivity index (χ1n) is 6.71. The number of pyridine rings is 1. The van der Waals surface area contributed by atoms with Gasteiger partial charge in [-0.15, -0.1) is 0 Å². The lowest BCUT2D eigenvalue weighted by atomic mass is 9.92. The first-order valence-corrected chi connectivity index (χ1v) is 6.71. The summed E-state index contributed by atoms with van der Waals surface area (Å²) in [5.74, 6) is -0.892. The van der Waals surface area contributed by atoms with Gasteiger partial charge in [0.05, 0.1) is 5.69 Å². The van der Waals surface area contributed by atoms with E-state index in [1.54, 1.807) is 12.1 Å². The Labute approximate surface area is 117 Å². The molecule has 20 heavy (non-hydrogen) atoms. The van der Waals surface area contributed by atoms with Gasteiger partial charge in [0.25, 0.3) is 5.91 Å². The van der Waals surface area contributed by atoms with Gasteiger partial charge in [-0.05, 0) is 30.9 Å². The van der Waals surface area contributed by atoms with Crippen LogP contribution >= 0.6 is 0 Å². The van der Waals surface area contributed by atoms with Crippen LogP contribution in [0.3, 0.4) is 0 Å². The standard InChI is InChI=1S/C14H19N3O3/c1-9-3-5-17(12(6-9)14(19)20)13(18)10-2-4-16-11(7-10)8-15/h2,4,7,9,12H,3,5-6,8,15H2,1H3,(H,19,20). The van der Waals surface area contributed by atoms with Gasteiger partial charge in [0, 0.05) is 24.8 Å². The summed E-state index contributed by atoms with van der Waals surface area (Å²) in [7, 11) is 0. The normalized spacial score (nSPS) is 22.6. The van der Waals surface area contributed by atoms with Crippen LogP contribution in [0.2, 0.25) is 0 Å². The van der Waals surface area contributed by atoms with Gasteiger partial charge in [-0.2, -0.15) is 0 Å². The van der Waals surface area contributed by atoms with Crippen molar-refractivity contribution >= 4 is 11.9 Å². The Kier molecular flexibility index (Phi) is 4.34. The van der Waals surface area contributed by atoms with Crippen LogP contribution in [-0.4, -0.2) is 39.5 Å². The Bertz CT molecular complexity index is 518. The average molecular weight is 277 g/mol. The van der Waals surface area contributed by atoms with E-state index in [4.69, 9.17) is 5.73 Å². The van der Waals surface area contributed by atoms with Crippen molar-refractivity contribution in [2.45, 2.75) is 32.4 Å². The van der Waals surface area contributed by atoms with Crippen molar-refractivity contribution in [1.82, 2.24) is 9.88 Å². The number of carbonyl (C=O) groups excluding carboxylic acids is 1. The molecule has 6 nitrogen and oxygen atoms in total. The largest absolute Gasteiger partial charge is 0.480 e. The molecule has 2 heterocycles. The maximum Gasteiger partial charge on any atom is 0.326 e. The topological polar surface area (TPSA) is 96.5 Å². The van der Waals surface area contributed by atoms with E-state index in [0.717, 1.165) is 6.42 Å². The SMILES string of the molecule is CC1CCN(C(=O)c2ccnc(CN)c2)C(C(=O)O)C1. The van der Waals surface area contributed by atoms with Crippen molar-refractivity contribution in [3.63, 3.8) is 0 Å². The molecule has 2 atom stereocenters. The van der Waals surface area contributed by atoms with Gasteiger partial charge in [-0.1, -0.05) is 6.92 Å². The third kappa shape index (κ3) is 2.96. The minimum atomic E-state index is -0.946. The summed E-state index contributed by atoms with van der Waals surface area (Å²) in [6.07, 6.45) is 2.85. The molecule has 0 radical (unpaired) electrons. The third-order valence-corrected chi connectivity index (χ3v) is 3.68. The van der Waals surface area contributed by atoms with Gasteiger partial charge in [0.2, 0.25) is 0 Å². The molecule has 3 N–H and O–H groups in total. The van der Waals surface area contributed by atoms with E-state index in [1.807, 2.05) is 6.92 Å². The van der Waals surface area contributed by atoms with Crippen LogP contribution in [0.15, 0.2) is 18.3 Å². The second-order valence-corrected chi connectivity index (χ2v) is 5.22. The number of aliphatic carboxylic acids is 1. The molecule has 0 spiro atoms. The highest BCUT2D eigenvalue weighted by Crippen LogP contribution is 2.24. The molecule has 1 amide bonds. The molecule has 2 unspecified atom stereocenters. The number of aromatic nitrogens is 1. The molecule has 0 aliphatic carbocycles. The Morgan fingerprint density at radius 3 is 2.95 bits per heavy atom. The molecule has 1 aromatic rings. The number of rotatable bonds is 3. The number of carbonyl (C=O) groups is 2. The van der Waals surface area contributed by atoms with Crippen molar-refractivity contribution in [1.29, 1.82) is 0 Å². The number of amides is 1. The van der Waals surface area contributed by atoms with Crippen molar-refractivity contribution < 1.29 is 14.7 Å². The minimum absolute atomic E-state index is 0.251. The highest BCUT2D eigenvalue weighted by molar-refractivity contribution is 5.96. The van der Waals surface area contributed by atoms with Crippen LogP contribution < -0.4 is 5.73 Å². The van der Waals surface area contributed by atoms with Crippen LogP contribution in [0.25, 0.3) is 0 Å². The number of carboxylic acid groups (broad SMARTS) is 1. The Morgan fingerprint density at radius 1 is 1.55 bits per heavy atom. The predicted octanol–water partition coefficient (Wildman–Crippen LogP) is 0.866.